The number of aromatic amines is 1. The van der Waals surface area contributed by atoms with Crippen molar-refractivity contribution in [2.45, 2.75) is 18.3 Å². The second kappa shape index (κ2) is 8.05. The second-order valence-corrected chi connectivity index (χ2v) is 7.25. The van der Waals surface area contributed by atoms with Crippen LogP contribution in [0.2, 0.25) is 0 Å². The van der Waals surface area contributed by atoms with Crippen molar-refractivity contribution in [2.24, 2.45) is 0 Å². The molecule has 1 aliphatic heterocycles. The fraction of sp³-hybridized carbons (Fsp3) is 0.318. The Kier molecular flexibility index (Phi) is 5.31. The fourth-order valence-corrected chi connectivity index (χ4v) is 3.90. The molecule has 7 heteroatoms. The maximum atomic E-state index is 12.9. The van der Waals surface area contributed by atoms with Crippen molar-refractivity contribution in [3.63, 3.8) is 0 Å². The molecule has 3 aromatic rings. The molecule has 0 atom stereocenters. The molecule has 1 aromatic heterocycles. The molecule has 0 saturated carbocycles. The molecule has 4 rings (SSSR count). The Labute approximate surface area is 168 Å². The summed E-state index contributed by atoms with van der Waals surface area (Å²) in [6, 6.07) is 14.9. The van der Waals surface area contributed by atoms with E-state index in [4.69, 9.17) is 9.47 Å². The van der Waals surface area contributed by atoms with Crippen LogP contribution in [0.15, 0.2) is 53.3 Å². The number of amides is 1. The summed E-state index contributed by atoms with van der Waals surface area (Å²) in [6.07, 6.45) is 1.61. The number of nitrogens with zero attached hydrogens (tertiary/aromatic N) is 1. The topological polar surface area (TPSA) is 93.3 Å². The predicted octanol–water partition coefficient (Wildman–Crippen LogP) is 2.41. The van der Waals surface area contributed by atoms with Crippen LogP contribution in [0.1, 0.15) is 28.9 Å². The lowest BCUT2D eigenvalue weighted by Gasteiger charge is -2.38. The van der Waals surface area contributed by atoms with Gasteiger partial charge in [0.15, 0.2) is 5.69 Å². The van der Waals surface area contributed by atoms with Gasteiger partial charge in [-0.25, -0.2) is 5.10 Å². The number of ether oxygens (including phenoxy) is 2. The Morgan fingerprint density at radius 3 is 2.52 bits per heavy atom. The van der Waals surface area contributed by atoms with Crippen LogP contribution in [0.5, 0.6) is 5.75 Å². The van der Waals surface area contributed by atoms with E-state index >= 15 is 0 Å². The molecule has 2 N–H and O–H groups in total. The number of aromatic nitrogens is 2. The van der Waals surface area contributed by atoms with Crippen LogP contribution < -0.4 is 15.6 Å². The van der Waals surface area contributed by atoms with Crippen LogP contribution in [0.4, 0.5) is 0 Å². The molecule has 0 bridgehead atoms. The lowest BCUT2D eigenvalue weighted by Crippen LogP contribution is -2.44. The van der Waals surface area contributed by atoms with Gasteiger partial charge in [0.1, 0.15) is 5.75 Å². The van der Waals surface area contributed by atoms with E-state index in [9.17, 15) is 9.59 Å². The fourth-order valence-electron chi connectivity index (χ4n) is 3.90. The Hall–Kier alpha value is -3.19. The van der Waals surface area contributed by atoms with Crippen LogP contribution in [0, 0.1) is 0 Å². The van der Waals surface area contributed by atoms with Gasteiger partial charge < -0.3 is 14.8 Å². The number of methoxy groups -OCH3 is 1. The molecule has 1 aliphatic rings. The van der Waals surface area contributed by atoms with Crippen molar-refractivity contribution in [1.29, 1.82) is 0 Å². The summed E-state index contributed by atoms with van der Waals surface area (Å²) >= 11 is 0. The molecule has 29 heavy (non-hydrogen) atoms. The van der Waals surface area contributed by atoms with Gasteiger partial charge in [-0.1, -0.05) is 30.3 Å². The summed E-state index contributed by atoms with van der Waals surface area (Å²) in [6.45, 7) is 1.74. The third kappa shape index (κ3) is 3.73. The summed E-state index contributed by atoms with van der Waals surface area (Å²) in [7, 11) is 1.64. The standard InChI is InChI=1S/C22H23N3O4/c1-28-16-8-6-15(7-9-16)22(10-12-29-13-11-22)14-23-21(27)19-17-4-2-3-5-18(17)20(26)25-24-19/h2-9H,10-14H2,1H3,(H,23,27)(H,25,26). The van der Waals surface area contributed by atoms with Crippen molar-refractivity contribution in [3.05, 3.63) is 70.1 Å². The van der Waals surface area contributed by atoms with Crippen molar-refractivity contribution < 1.29 is 14.3 Å². The average molecular weight is 393 g/mol. The molecule has 2 heterocycles. The third-order valence-electron chi connectivity index (χ3n) is 5.65. The molecule has 1 saturated heterocycles. The van der Waals surface area contributed by atoms with E-state index in [2.05, 4.69) is 15.5 Å². The molecule has 150 valence electrons. The molecule has 0 spiro atoms. The summed E-state index contributed by atoms with van der Waals surface area (Å²) in [5.41, 5.74) is 0.827. The van der Waals surface area contributed by atoms with E-state index < -0.39 is 0 Å². The Morgan fingerprint density at radius 2 is 1.83 bits per heavy atom. The van der Waals surface area contributed by atoms with E-state index in [1.807, 2.05) is 24.3 Å². The Morgan fingerprint density at radius 1 is 1.14 bits per heavy atom. The van der Waals surface area contributed by atoms with Gasteiger partial charge in [-0.2, -0.15) is 5.10 Å². The maximum absolute atomic E-state index is 12.9. The van der Waals surface area contributed by atoms with Crippen molar-refractivity contribution in [1.82, 2.24) is 15.5 Å². The number of hydrogen-bond acceptors (Lipinski definition) is 5. The zero-order chi connectivity index (χ0) is 20.3. The minimum Gasteiger partial charge on any atom is -0.497 e. The average Bonchev–Trinajstić information content (AvgIpc) is 2.78. The first-order chi connectivity index (χ1) is 14.1. The van der Waals surface area contributed by atoms with E-state index in [0.717, 1.165) is 24.2 Å². The highest BCUT2D eigenvalue weighted by Gasteiger charge is 2.35. The first kappa shape index (κ1) is 19.1. The van der Waals surface area contributed by atoms with Crippen LogP contribution in [-0.4, -0.2) is 43.0 Å². The number of hydrogen-bond donors (Lipinski definition) is 2. The number of carbonyl (C=O) groups excluding carboxylic acids is 1. The smallest absolute Gasteiger partial charge is 0.272 e. The third-order valence-corrected chi connectivity index (χ3v) is 5.65. The quantitative estimate of drug-likeness (QED) is 0.694. The maximum Gasteiger partial charge on any atom is 0.272 e. The highest BCUT2D eigenvalue weighted by molar-refractivity contribution is 6.04. The van der Waals surface area contributed by atoms with Crippen molar-refractivity contribution >= 4 is 16.7 Å². The van der Waals surface area contributed by atoms with Crippen molar-refractivity contribution in [2.75, 3.05) is 26.9 Å². The SMILES string of the molecule is COc1ccc(C2(CNC(=O)c3n[nH]c(=O)c4ccccc34)CCOCC2)cc1. The number of nitrogens with one attached hydrogen (secondary N) is 2. The lowest BCUT2D eigenvalue weighted by molar-refractivity contribution is 0.0486. The van der Waals surface area contributed by atoms with Crippen LogP contribution in [-0.2, 0) is 10.2 Å². The predicted molar refractivity (Wildman–Crippen MR) is 109 cm³/mol. The number of fused-ring (bicyclic) bond motifs is 1. The number of rotatable bonds is 5. The summed E-state index contributed by atoms with van der Waals surface area (Å²) < 4.78 is 10.8. The highest BCUT2D eigenvalue weighted by atomic mass is 16.5. The number of H-pyrrole nitrogens is 1. The van der Waals surface area contributed by atoms with Crippen LogP contribution >= 0.6 is 0 Å². The highest BCUT2D eigenvalue weighted by Crippen LogP contribution is 2.35. The van der Waals surface area contributed by atoms with E-state index in [1.165, 1.54) is 0 Å². The summed E-state index contributed by atoms with van der Waals surface area (Å²) in [5, 5.41) is 10.4. The molecular formula is C22H23N3O4. The first-order valence-electron chi connectivity index (χ1n) is 9.61. The lowest BCUT2D eigenvalue weighted by atomic mass is 9.74. The zero-order valence-electron chi connectivity index (χ0n) is 16.2. The molecule has 0 unspecified atom stereocenters. The largest absolute Gasteiger partial charge is 0.497 e. The summed E-state index contributed by atoms with van der Waals surface area (Å²) in [5.74, 6) is 0.487. The number of carbonyl (C=O) groups is 1. The minimum absolute atomic E-state index is 0.220. The Balaban J connectivity index is 1.60. The van der Waals surface area contributed by atoms with Crippen LogP contribution in [0.3, 0.4) is 0 Å². The van der Waals surface area contributed by atoms with E-state index in [1.54, 1.807) is 31.4 Å². The van der Waals surface area contributed by atoms with Gasteiger partial charge in [-0.15, -0.1) is 0 Å². The number of benzene rings is 2. The monoisotopic (exact) mass is 393 g/mol. The van der Waals surface area contributed by atoms with Gasteiger partial charge in [-0.3, -0.25) is 9.59 Å². The molecule has 0 radical (unpaired) electrons. The van der Waals surface area contributed by atoms with Gasteiger partial charge >= 0.3 is 0 Å². The first-order valence-corrected chi connectivity index (χ1v) is 9.61. The molecule has 0 aliphatic carbocycles. The Bertz CT molecular complexity index is 1070. The van der Waals surface area contributed by atoms with E-state index in [-0.39, 0.29) is 22.6 Å². The van der Waals surface area contributed by atoms with E-state index in [0.29, 0.717) is 30.5 Å². The van der Waals surface area contributed by atoms with Crippen molar-refractivity contribution in [3.8, 4) is 5.75 Å². The van der Waals surface area contributed by atoms with Gasteiger partial charge in [0.05, 0.1) is 12.5 Å². The minimum atomic E-state index is -0.309. The van der Waals surface area contributed by atoms with Gasteiger partial charge in [-0.05, 0) is 36.6 Å². The second-order valence-electron chi connectivity index (χ2n) is 7.25. The van der Waals surface area contributed by atoms with Gasteiger partial charge in [0.2, 0.25) is 0 Å². The normalized spacial score (nSPS) is 15.8. The van der Waals surface area contributed by atoms with Gasteiger partial charge in [0, 0.05) is 30.6 Å². The van der Waals surface area contributed by atoms with Crippen LogP contribution in [0.25, 0.3) is 10.8 Å². The molecule has 2 aromatic carbocycles. The molecule has 1 amide bonds. The molecule has 1 fully saturated rings. The molecular weight excluding hydrogens is 370 g/mol. The summed E-state index contributed by atoms with van der Waals surface area (Å²) in [4.78, 5) is 24.9. The van der Waals surface area contributed by atoms with Gasteiger partial charge in [0.25, 0.3) is 11.5 Å². The zero-order valence-corrected chi connectivity index (χ0v) is 16.2. The molecule has 7 nitrogen and oxygen atoms in total.